The van der Waals surface area contributed by atoms with Gasteiger partial charge >= 0.3 is 0 Å². The fraction of sp³-hybridized carbons (Fsp3) is 0.600. The third-order valence-corrected chi connectivity index (χ3v) is 4.55. The van der Waals surface area contributed by atoms with E-state index < -0.39 is 11.6 Å². The molecular weight excluding hydrogens is 312 g/mol. The Balaban J connectivity index is 3.06. The summed E-state index contributed by atoms with van der Waals surface area (Å²) in [5.74, 6) is -0.925. The van der Waals surface area contributed by atoms with E-state index >= 15 is 0 Å². The number of benzene rings is 1. The molecule has 0 bridgehead atoms. The number of hydrogen-bond acceptors (Lipinski definition) is 1. The molecule has 0 heterocycles. The van der Waals surface area contributed by atoms with Crippen molar-refractivity contribution < 1.29 is 8.78 Å². The van der Waals surface area contributed by atoms with Gasteiger partial charge in [0.2, 0.25) is 0 Å². The first kappa shape index (κ1) is 16.6. The molecule has 0 saturated carbocycles. The van der Waals surface area contributed by atoms with Crippen LogP contribution in [0.5, 0.6) is 0 Å². The summed E-state index contributed by atoms with van der Waals surface area (Å²) in [5.41, 5.74) is 0.0920. The number of rotatable bonds is 7. The fourth-order valence-corrected chi connectivity index (χ4v) is 2.68. The maximum atomic E-state index is 14.1. The standard InChI is InChI=1S/C15H22BrF2N/c1-4-15(5-2,10-19-6-3)9-11-13(17)8-7-12(16)14(11)18/h7-8,19H,4-6,9-10H2,1-3H3. The lowest BCUT2D eigenvalue weighted by Crippen LogP contribution is -2.35. The summed E-state index contributed by atoms with van der Waals surface area (Å²) in [6, 6.07) is 2.74. The smallest absolute Gasteiger partial charge is 0.143 e. The molecule has 4 heteroatoms. The Labute approximate surface area is 122 Å². The van der Waals surface area contributed by atoms with Gasteiger partial charge < -0.3 is 5.32 Å². The third kappa shape index (κ3) is 3.99. The molecule has 1 N–H and O–H groups in total. The van der Waals surface area contributed by atoms with Crippen LogP contribution >= 0.6 is 15.9 Å². The molecule has 0 unspecified atom stereocenters. The van der Waals surface area contributed by atoms with Crippen molar-refractivity contribution in [1.82, 2.24) is 5.32 Å². The molecule has 0 aliphatic carbocycles. The van der Waals surface area contributed by atoms with E-state index in [0.717, 1.165) is 25.9 Å². The second kappa shape index (κ2) is 7.34. The minimum Gasteiger partial charge on any atom is -0.316 e. The first-order valence-corrected chi connectivity index (χ1v) is 7.62. The molecular formula is C15H22BrF2N. The van der Waals surface area contributed by atoms with E-state index in [-0.39, 0.29) is 11.0 Å². The van der Waals surface area contributed by atoms with Gasteiger partial charge in [-0.25, -0.2) is 8.78 Å². The summed E-state index contributed by atoms with van der Waals surface area (Å²) < 4.78 is 28.3. The lowest BCUT2D eigenvalue weighted by atomic mass is 9.76. The van der Waals surface area contributed by atoms with Crippen molar-refractivity contribution in [3.05, 3.63) is 33.8 Å². The molecule has 0 amide bonds. The van der Waals surface area contributed by atoms with Crippen LogP contribution in [0.1, 0.15) is 39.2 Å². The average Bonchev–Trinajstić information content (AvgIpc) is 2.43. The van der Waals surface area contributed by atoms with Gasteiger partial charge in [0.25, 0.3) is 0 Å². The normalized spacial score (nSPS) is 11.9. The molecule has 0 atom stereocenters. The van der Waals surface area contributed by atoms with Crippen LogP contribution in [0.4, 0.5) is 8.78 Å². The lowest BCUT2D eigenvalue weighted by molar-refractivity contribution is 0.242. The molecule has 0 saturated heterocycles. The molecule has 108 valence electrons. The van der Waals surface area contributed by atoms with Gasteiger partial charge in [-0.05, 0) is 59.3 Å². The molecule has 0 fully saturated rings. The second-order valence-electron chi connectivity index (χ2n) is 4.99. The monoisotopic (exact) mass is 333 g/mol. The Kier molecular flexibility index (Phi) is 6.40. The molecule has 1 nitrogen and oxygen atoms in total. The molecule has 0 radical (unpaired) electrons. The Morgan fingerprint density at radius 1 is 1.16 bits per heavy atom. The van der Waals surface area contributed by atoms with Crippen molar-refractivity contribution in [1.29, 1.82) is 0 Å². The van der Waals surface area contributed by atoms with Crippen LogP contribution in [-0.4, -0.2) is 13.1 Å². The van der Waals surface area contributed by atoms with Crippen LogP contribution in [0.15, 0.2) is 16.6 Å². The third-order valence-electron chi connectivity index (χ3n) is 3.94. The maximum Gasteiger partial charge on any atom is 0.143 e. The second-order valence-corrected chi connectivity index (χ2v) is 5.84. The molecule has 1 aromatic carbocycles. The molecule has 0 aliphatic heterocycles. The van der Waals surface area contributed by atoms with Gasteiger partial charge in [-0.2, -0.15) is 0 Å². The summed E-state index contributed by atoms with van der Waals surface area (Å²) in [6.45, 7) is 7.84. The first-order chi connectivity index (χ1) is 8.99. The van der Waals surface area contributed by atoms with Crippen LogP contribution in [0, 0.1) is 17.0 Å². The minimum absolute atomic E-state index is 0.0987. The van der Waals surface area contributed by atoms with Gasteiger partial charge in [0.1, 0.15) is 11.6 Å². The zero-order valence-corrected chi connectivity index (χ0v) is 13.4. The Bertz CT molecular complexity index is 417. The highest BCUT2D eigenvalue weighted by Crippen LogP contribution is 2.33. The molecule has 1 rings (SSSR count). The van der Waals surface area contributed by atoms with Gasteiger partial charge in [0, 0.05) is 12.1 Å². The van der Waals surface area contributed by atoms with Crippen molar-refractivity contribution in [2.75, 3.05) is 13.1 Å². The predicted octanol–water partition coefficient (Wildman–Crippen LogP) is 4.69. The van der Waals surface area contributed by atoms with Crippen molar-refractivity contribution in [3.8, 4) is 0 Å². The van der Waals surface area contributed by atoms with Gasteiger partial charge in [-0.15, -0.1) is 0 Å². The van der Waals surface area contributed by atoms with E-state index in [1.165, 1.54) is 12.1 Å². The highest BCUT2D eigenvalue weighted by atomic mass is 79.9. The van der Waals surface area contributed by atoms with E-state index in [2.05, 4.69) is 35.1 Å². The molecule has 0 aliphatic rings. The van der Waals surface area contributed by atoms with Gasteiger partial charge in [0.15, 0.2) is 0 Å². The largest absolute Gasteiger partial charge is 0.316 e. The van der Waals surface area contributed by atoms with E-state index in [0.29, 0.717) is 10.9 Å². The summed E-state index contributed by atoms with van der Waals surface area (Å²) >= 11 is 3.13. The molecule has 1 aromatic rings. The Morgan fingerprint density at radius 3 is 2.32 bits per heavy atom. The zero-order chi connectivity index (χ0) is 14.5. The first-order valence-electron chi connectivity index (χ1n) is 6.82. The van der Waals surface area contributed by atoms with Gasteiger partial charge in [-0.1, -0.05) is 20.8 Å². The van der Waals surface area contributed by atoms with Crippen LogP contribution in [0.2, 0.25) is 0 Å². The van der Waals surface area contributed by atoms with E-state index in [1.54, 1.807) is 0 Å². The highest BCUT2D eigenvalue weighted by molar-refractivity contribution is 9.10. The summed E-state index contributed by atoms with van der Waals surface area (Å²) in [6.07, 6.45) is 2.20. The van der Waals surface area contributed by atoms with Crippen molar-refractivity contribution in [2.24, 2.45) is 5.41 Å². The average molecular weight is 334 g/mol. The van der Waals surface area contributed by atoms with Crippen molar-refractivity contribution >= 4 is 15.9 Å². The lowest BCUT2D eigenvalue weighted by Gasteiger charge is -2.32. The maximum absolute atomic E-state index is 14.1. The Hall–Kier alpha value is -0.480. The Morgan fingerprint density at radius 2 is 1.79 bits per heavy atom. The molecule has 19 heavy (non-hydrogen) atoms. The topological polar surface area (TPSA) is 12.0 Å². The van der Waals surface area contributed by atoms with Crippen molar-refractivity contribution in [2.45, 2.75) is 40.0 Å². The van der Waals surface area contributed by atoms with Gasteiger partial charge in [-0.3, -0.25) is 0 Å². The summed E-state index contributed by atoms with van der Waals surface area (Å²) in [5, 5.41) is 3.31. The van der Waals surface area contributed by atoms with Gasteiger partial charge in [0.05, 0.1) is 4.47 Å². The van der Waals surface area contributed by atoms with Crippen LogP contribution in [0.3, 0.4) is 0 Å². The molecule has 0 aromatic heterocycles. The fourth-order valence-electron chi connectivity index (χ4n) is 2.31. The number of nitrogens with one attached hydrogen (secondary N) is 1. The van der Waals surface area contributed by atoms with E-state index in [4.69, 9.17) is 0 Å². The van der Waals surface area contributed by atoms with Crippen LogP contribution in [-0.2, 0) is 6.42 Å². The van der Waals surface area contributed by atoms with E-state index in [1.807, 2.05) is 6.92 Å². The SMILES string of the molecule is CCNCC(CC)(CC)Cc1c(F)ccc(Br)c1F. The summed E-state index contributed by atoms with van der Waals surface area (Å²) in [4.78, 5) is 0. The number of halogens is 3. The molecule has 0 spiro atoms. The quantitative estimate of drug-likeness (QED) is 0.714. The van der Waals surface area contributed by atoms with Crippen LogP contribution < -0.4 is 5.32 Å². The summed E-state index contributed by atoms with van der Waals surface area (Å²) in [7, 11) is 0. The highest BCUT2D eigenvalue weighted by Gasteiger charge is 2.29. The zero-order valence-electron chi connectivity index (χ0n) is 11.8. The number of hydrogen-bond donors (Lipinski definition) is 1. The predicted molar refractivity (Wildman–Crippen MR) is 79.3 cm³/mol. The van der Waals surface area contributed by atoms with Crippen molar-refractivity contribution in [3.63, 3.8) is 0 Å². The minimum atomic E-state index is -0.470. The van der Waals surface area contributed by atoms with E-state index in [9.17, 15) is 8.78 Å². The van der Waals surface area contributed by atoms with Crippen LogP contribution in [0.25, 0.3) is 0 Å².